The molecule has 1 aromatic carbocycles. The van der Waals surface area contributed by atoms with Crippen LogP contribution in [0.2, 0.25) is 5.02 Å². The number of rotatable bonds is 2. The lowest BCUT2D eigenvalue weighted by Crippen LogP contribution is -2.27. The van der Waals surface area contributed by atoms with Crippen LogP contribution in [0.15, 0.2) is 17.1 Å². The second kappa shape index (κ2) is 5.90. The lowest BCUT2D eigenvalue weighted by molar-refractivity contribution is -0.384. The molecule has 2 heterocycles. The van der Waals surface area contributed by atoms with Gasteiger partial charge in [-0.05, 0) is 25.1 Å². The van der Waals surface area contributed by atoms with E-state index in [2.05, 4.69) is 4.99 Å². The molecule has 6 nitrogen and oxygen atoms in total. The molecule has 0 unspecified atom stereocenters. The van der Waals surface area contributed by atoms with Gasteiger partial charge in [-0.3, -0.25) is 19.5 Å². The molecular weight excluding hydrogens is 351 g/mol. The van der Waals surface area contributed by atoms with Gasteiger partial charge in [0.2, 0.25) is 4.80 Å². The fraction of sp³-hybridized carbons (Fsp3) is 0.333. The van der Waals surface area contributed by atoms with E-state index >= 15 is 0 Å². The third kappa shape index (κ3) is 2.71. The lowest BCUT2D eigenvalue weighted by Gasteiger charge is -2.16. The van der Waals surface area contributed by atoms with E-state index in [1.54, 1.807) is 0 Å². The number of nitrogens with zero attached hydrogens (tertiary/aromatic N) is 4. The monoisotopic (exact) mass is 360 g/mol. The summed E-state index contributed by atoms with van der Waals surface area (Å²) in [5.41, 5.74) is -0.489. The van der Waals surface area contributed by atoms with Crippen LogP contribution in [0.25, 0.3) is 0 Å². The average molecular weight is 361 g/mol. The summed E-state index contributed by atoms with van der Waals surface area (Å²) in [7, 11) is 0. The Morgan fingerprint density at radius 1 is 1.36 bits per heavy atom. The molecule has 0 fully saturated rings. The summed E-state index contributed by atoms with van der Waals surface area (Å²) in [5.74, 6) is -0.704. The average Bonchev–Trinajstić information content (AvgIpc) is 2.78. The summed E-state index contributed by atoms with van der Waals surface area (Å²) < 4.78 is 18.4. The van der Waals surface area contributed by atoms with Crippen molar-refractivity contribution in [2.75, 3.05) is 0 Å². The summed E-state index contributed by atoms with van der Waals surface area (Å²) in [4.78, 5) is 15.0. The molecule has 0 bridgehead atoms. The minimum atomic E-state index is -0.704. The van der Waals surface area contributed by atoms with Gasteiger partial charge in [0, 0.05) is 25.2 Å². The van der Waals surface area contributed by atoms with Crippen LogP contribution in [0.1, 0.15) is 12.8 Å². The Balaban J connectivity index is 2.19. The van der Waals surface area contributed by atoms with E-state index in [0.717, 1.165) is 38.1 Å². The number of aromatic nitrogens is 2. The Kier molecular flexibility index (Phi) is 4.11. The molecule has 0 amide bonds. The van der Waals surface area contributed by atoms with E-state index in [1.165, 1.54) is 11.3 Å². The number of benzene rings is 1. The Morgan fingerprint density at radius 3 is 2.73 bits per heavy atom. The van der Waals surface area contributed by atoms with Crippen LogP contribution in [-0.2, 0) is 13.1 Å². The highest BCUT2D eigenvalue weighted by atomic mass is 35.5. The van der Waals surface area contributed by atoms with E-state index < -0.39 is 10.7 Å². The molecular formula is C12H10ClFN4O2S2. The van der Waals surface area contributed by atoms with Gasteiger partial charge in [0.05, 0.1) is 4.92 Å². The second-order valence-electron chi connectivity index (χ2n) is 4.73. The minimum absolute atomic E-state index is 0.117. The lowest BCUT2D eigenvalue weighted by atomic mass is 10.2. The van der Waals surface area contributed by atoms with Gasteiger partial charge in [0.1, 0.15) is 10.7 Å². The number of nitro benzene ring substituents is 1. The zero-order chi connectivity index (χ0) is 15.9. The Hall–Kier alpha value is -1.58. The highest BCUT2D eigenvalue weighted by Gasteiger charge is 2.18. The number of nitro groups is 1. The molecule has 1 aromatic heterocycles. The van der Waals surface area contributed by atoms with Gasteiger partial charge in [-0.2, -0.15) is 0 Å². The maximum absolute atomic E-state index is 14.0. The third-order valence-electron chi connectivity index (χ3n) is 3.32. The van der Waals surface area contributed by atoms with Crippen LogP contribution in [0, 0.1) is 19.9 Å². The summed E-state index contributed by atoms with van der Waals surface area (Å²) >= 11 is 12.2. The smallest absolute Gasteiger partial charge is 0.264 e. The number of halogens is 2. The predicted octanol–water partition coefficient (Wildman–Crippen LogP) is 3.81. The molecule has 0 radical (unpaired) electrons. The molecule has 1 aliphatic heterocycles. The molecule has 0 N–H and O–H groups in total. The number of hydrogen-bond donors (Lipinski definition) is 0. The fourth-order valence-electron chi connectivity index (χ4n) is 2.27. The zero-order valence-corrected chi connectivity index (χ0v) is 13.5. The second-order valence-corrected chi connectivity index (χ2v) is 6.74. The van der Waals surface area contributed by atoms with Crippen molar-refractivity contribution in [3.8, 4) is 0 Å². The summed E-state index contributed by atoms with van der Waals surface area (Å²) in [6, 6.07) is 1.95. The minimum Gasteiger partial charge on any atom is -0.264 e. The van der Waals surface area contributed by atoms with E-state index in [-0.39, 0.29) is 16.4 Å². The molecule has 0 saturated carbocycles. The van der Waals surface area contributed by atoms with E-state index in [9.17, 15) is 14.5 Å². The van der Waals surface area contributed by atoms with Crippen molar-refractivity contribution in [2.24, 2.45) is 4.99 Å². The maximum Gasteiger partial charge on any atom is 0.290 e. The Morgan fingerprint density at radius 2 is 2.05 bits per heavy atom. The molecule has 0 atom stereocenters. The highest BCUT2D eigenvalue weighted by molar-refractivity contribution is 7.73. The standard InChI is InChI=1S/C12H10ClFN4O2S2/c13-7-5-8(14)9(6-10(7)18(19)20)15-11-16-3-1-2-4-17(16)12(21)22-11/h5-6H,1-4H2/b15-11+. The SMILES string of the molecule is O=[N+]([O-])c1cc(/N=c2/sc(=S)n3n2CCCC3)c(F)cc1Cl. The van der Waals surface area contributed by atoms with Crippen molar-refractivity contribution in [1.82, 2.24) is 9.36 Å². The topological polar surface area (TPSA) is 65.4 Å². The van der Waals surface area contributed by atoms with Gasteiger partial charge in [-0.25, -0.2) is 9.38 Å². The summed E-state index contributed by atoms with van der Waals surface area (Å²) in [6.45, 7) is 1.54. The van der Waals surface area contributed by atoms with Gasteiger partial charge < -0.3 is 0 Å². The molecule has 0 aliphatic carbocycles. The molecule has 10 heteroatoms. The van der Waals surface area contributed by atoms with Crippen LogP contribution in [0.5, 0.6) is 0 Å². The Labute approximate surface area is 138 Å². The molecule has 22 heavy (non-hydrogen) atoms. The number of hydrogen-bond acceptors (Lipinski definition) is 5. The summed E-state index contributed by atoms with van der Waals surface area (Å²) in [6.07, 6.45) is 2.02. The van der Waals surface area contributed by atoms with Crippen LogP contribution in [-0.4, -0.2) is 14.3 Å². The molecule has 0 saturated heterocycles. The van der Waals surface area contributed by atoms with E-state index in [4.69, 9.17) is 23.8 Å². The predicted molar refractivity (Wildman–Crippen MR) is 83.7 cm³/mol. The third-order valence-corrected chi connectivity index (χ3v) is 4.95. The quantitative estimate of drug-likeness (QED) is 0.464. The van der Waals surface area contributed by atoms with Gasteiger partial charge in [-0.1, -0.05) is 22.9 Å². The first-order chi connectivity index (χ1) is 10.5. The van der Waals surface area contributed by atoms with Gasteiger partial charge in [0.15, 0.2) is 9.77 Å². The summed E-state index contributed by atoms with van der Waals surface area (Å²) in [5, 5.41) is 10.7. The van der Waals surface area contributed by atoms with Crippen molar-refractivity contribution in [3.05, 3.63) is 41.8 Å². The van der Waals surface area contributed by atoms with Gasteiger partial charge in [0.25, 0.3) is 5.69 Å². The number of fused-ring (bicyclic) bond motifs is 1. The van der Waals surface area contributed by atoms with E-state index in [1.807, 2.05) is 9.36 Å². The molecule has 3 rings (SSSR count). The first-order valence-electron chi connectivity index (χ1n) is 6.46. The molecule has 1 aliphatic rings. The Bertz CT molecular complexity index is 886. The van der Waals surface area contributed by atoms with Crippen molar-refractivity contribution in [1.29, 1.82) is 0 Å². The van der Waals surface area contributed by atoms with Crippen LogP contribution < -0.4 is 4.80 Å². The van der Waals surface area contributed by atoms with Crippen LogP contribution >= 0.6 is 35.2 Å². The first-order valence-corrected chi connectivity index (χ1v) is 8.06. The van der Waals surface area contributed by atoms with Crippen molar-refractivity contribution >= 4 is 46.5 Å². The molecule has 2 aromatic rings. The zero-order valence-electron chi connectivity index (χ0n) is 11.2. The fourth-order valence-corrected chi connectivity index (χ4v) is 3.80. The van der Waals surface area contributed by atoms with Crippen LogP contribution in [0.3, 0.4) is 0 Å². The maximum atomic E-state index is 14.0. The molecule has 116 valence electrons. The molecule has 0 spiro atoms. The van der Waals surface area contributed by atoms with E-state index in [0.29, 0.717) is 8.76 Å². The largest absolute Gasteiger partial charge is 0.290 e. The first kappa shape index (κ1) is 15.3. The van der Waals surface area contributed by atoms with Gasteiger partial charge in [-0.15, -0.1) is 0 Å². The normalized spacial score (nSPS) is 14.9. The van der Waals surface area contributed by atoms with Crippen LogP contribution in [0.4, 0.5) is 15.8 Å². The van der Waals surface area contributed by atoms with Gasteiger partial charge >= 0.3 is 0 Å². The highest BCUT2D eigenvalue weighted by Crippen LogP contribution is 2.31. The van der Waals surface area contributed by atoms with Crippen molar-refractivity contribution < 1.29 is 9.31 Å². The van der Waals surface area contributed by atoms with Crippen molar-refractivity contribution in [2.45, 2.75) is 25.9 Å². The van der Waals surface area contributed by atoms with Crippen molar-refractivity contribution in [3.63, 3.8) is 0 Å².